The van der Waals surface area contributed by atoms with Crippen molar-refractivity contribution in [3.63, 3.8) is 0 Å². The molecule has 2 atom stereocenters. The van der Waals surface area contributed by atoms with Crippen LogP contribution in [0.2, 0.25) is 0 Å². The third-order valence-electron chi connectivity index (χ3n) is 3.64. The molecule has 2 heterocycles. The van der Waals surface area contributed by atoms with E-state index in [0.717, 1.165) is 19.1 Å². The Morgan fingerprint density at radius 1 is 1.06 bits per heavy atom. The summed E-state index contributed by atoms with van der Waals surface area (Å²) in [6, 6.07) is -0.0633. The van der Waals surface area contributed by atoms with Crippen LogP contribution in [0.3, 0.4) is 0 Å². The average Bonchev–Trinajstić information content (AvgIpc) is 2.49. The van der Waals surface area contributed by atoms with Crippen molar-refractivity contribution in [1.29, 1.82) is 0 Å². The fourth-order valence-corrected chi connectivity index (χ4v) is 6.85. The Kier molecular flexibility index (Phi) is 3.98. The summed E-state index contributed by atoms with van der Waals surface area (Å²) in [6.45, 7) is 0. The number of halogens is 1. The van der Waals surface area contributed by atoms with Crippen molar-refractivity contribution in [2.75, 3.05) is 17.8 Å². The highest BCUT2D eigenvalue weighted by Gasteiger charge is 2.46. The second-order valence-electron chi connectivity index (χ2n) is 5.23. The monoisotopic (exact) mass is 315 g/mol. The molecule has 8 heteroatoms. The summed E-state index contributed by atoms with van der Waals surface area (Å²) in [4.78, 5) is 0. The van der Waals surface area contributed by atoms with E-state index in [2.05, 4.69) is 0 Å². The van der Waals surface area contributed by atoms with Crippen LogP contribution in [-0.2, 0) is 19.9 Å². The van der Waals surface area contributed by atoms with Gasteiger partial charge in [0.05, 0.1) is 11.5 Å². The minimum Gasteiger partial charge on any atom is -0.229 e. The molecule has 18 heavy (non-hydrogen) atoms. The molecule has 106 valence electrons. The van der Waals surface area contributed by atoms with Crippen LogP contribution in [-0.4, -0.2) is 56.4 Å². The van der Waals surface area contributed by atoms with Crippen molar-refractivity contribution >= 4 is 31.5 Å². The van der Waals surface area contributed by atoms with Gasteiger partial charge < -0.3 is 0 Å². The first-order valence-corrected chi connectivity index (χ1v) is 10.1. The maximum atomic E-state index is 12.2. The molecule has 2 rings (SSSR count). The molecule has 0 amide bonds. The van der Waals surface area contributed by atoms with Gasteiger partial charge in [-0.15, -0.1) is 11.6 Å². The number of sulfonamides is 1. The van der Waals surface area contributed by atoms with Gasteiger partial charge in [-0.25, -0.2) is 16.8 Å². The number of hydrogen-bond acceptors (Lipinski definition) is 4. The first-order valence-electron chi connectivity index (χ1n) is 6.02. The highest BCUT2D eigenvalue weighted by molar-refractivity contribution is 7.93. The Bertz CT molecular complexity index is 502. The van der Waals surface area contributed by atoms with Crippen molar-refractivity contribution in [3.8, 4) is 0 Å². The van der Waals surface area contributed by atoms with E-state index >= 15 is 0 Å². The summed E-state index contributed by atoms with van der Waals surface area (Å²) in [6.07, 6.45) is 4.09. The molecule has 2 aliphatic rings. The van der Waals surface area contributed by atoms with Gasteiger partial charge in [-0.3, -0.25) is 0 Å². The number of alkyl halides is 1. The van der Waals surface area contributed by atoms with Crippen LogP contribution in [0.1, 0.15) is 25.7 Å². The van der Waals surface area contributed by atoms with Crippen molar-refractivity contribution in [1.82, 2.24) is 4.31 Å². The summed E-state index contributed by atoms with van der Waals surface area (Å²) < 4.78 is 48.1. The lowest BCUT2D eigenvalue weighted by Crippen LogP contribution is -2.48. The maximum Gasteiger partial charge on any atom is 0.215 e. The zero-order chi connectivity index (χ0) is 13.6. The zero-order valence-electron chi connectivity index (χ0n) is 10.2. The maximum absolute atomic E-state index is 12.2. The largest absolute Gasteiger partial charge is 0.229 e. The molecular weight excluding hydrogens is 298 g/mol. The Morgan fingerprint density at radius 3 is 2.00 bits per heavy atom. The molecule has 0 N–H and O–H groups in total. The number of fused-ring (bicyclic) bond motifs is 2. The van der Waals surface area contributed by atoms with Gasteiger partial charge in [0, 0.05) is 23.7 Å². The lowest BCUT2D eigenvalue weighted by Gasteiger charge is -2.35. The van der Waals surface area contributed by atoms with E-state index in [9.17, 15) is 16.8 Å². The predicted molar refractivity (Wildman–Crippen MR) is 71.0 cm³/mol. The number of nitrogens with zero attached hydrogens (tertiary/aromatic N) is 1. The van der Waals surface area contributed by atoms with Crippen LogP contribution in [0.15, 0.2) is 0 Å². The van der Waals surface area contributed by atoms with Gasteiger partial charge in [0.15, 0.2) is 0 Å². The first kappa shape index (κ1) is 14.6. The van der Waals surface area contributed by atoms with Crippen LogP contribution in [0.4, 0.5) is 0 Å². The molecule has 0 aromatic carbocycles. The highest BCUT2D eigenvalue weighted by Crippen LogP contribution is 2.39. The normalized spacial score (nSPS) is 33.8. The van der Waals surface area contributed by atoms with Gasteiger partial charge in [-0.1, -0.05) is 0 Å². The van der Waals surface area contributed by atoms with Gasteiger partial charge in [0.2, 0.25) is 10.0 Å². The van der Waals surface area contributed by atoms with Gasteiger partial charge in [-0.05, 0) is 25.7 Å². The third kappa shape index (κ3) is 3.18. The molecular formula is C10H18ClNO4S2. The molecule has 2 bridgehead atoms. The molecule has 0 aromatic heterocycles. The topological polar surface area (TPSA) is 71.5 Å². The van der Waals surface area contributed by atoms with E-state index in [-0.39, 0.29) is 29.0 Å². The van der Waals surface area contributed by atoms with Gasteiger partial charge in [0.25, 0.3) is 0 Å². The average molecular weight is 316 g/mol. The fourth-order valence-electron chi connectivity index (χ4n) is 2.88. The Morgan fingerprint density at radius 2 is 1.56 bits per heavy atom. The fraction of sp³-hybridized carbons (Fsp3) is 1.00. The summed E-state index contributed by atoms with van der Waals surface area (Å²) in [5.74, 6) is -0.624. The van der Waals surface area contributed by atoms with E-state index < -0.39 is 19.9 Å². The molecule has 0 aromatic rings. The summed E-state index contributed by atoms with van der Waals surface area (Å²) >= 11 is 6.09. The molecule has 2 aliphatic heterocycles. The zero-order valence-corrected chi connectivity index (χ0v) is 12.6. The second-order valence-corrected chi connectivity index (χ2v) is 10.1. The van der Waals surface area contributed by atoms with Crippen LogP contribution in [0.5, 0.6) is 0 Å². The van der Waals surface area contributed by atoms with E-state index in [1.54, 1.807) is 0 Å². The SMILES string of the molecule is CS(=O)(=O)CCS(=O)(=O)N1C2CCC1CC(Cl)C2. The smallest absolute Gasteiger partial charge is 0.215 e. The summed E-state index contributed by atoms with van der Waals surface area (Å²) in [5, 5.41) is 0.0452. The standard InChI is InChI=1S/C10H18ClNO4S2/c1-17(13,14)4-5-18(15,16)12-9-2-3-10(12)7-8(11)6-9/h8-10H,2-7H2,1H3. The van der Waals surface area contributed by atoms with Gasteiger partial charge in [-0.2, -0.15) is 4.31 Å². The second kappa shape index (κ2) is 4.92. The molecule has 2 fully saturated rings. The van der Waals surface area contributed by atoms with Crippen molar-refractivity contribution in [3.05, 3.63) is 0 Å². The predicted octanol–water partition coefficient (Wildman–Crippen LogP) is 0.595. The molecule has 2 unspecified atom stereocenters. The van der Waals surface area contributed by atoms with Crippen molar-refractivity contribution < 1.29 is 16.8 Å². The van der Waals surface area contributed by atoms with Crippen LogP contribution in [0.25, 0.3) is 0 Å². The summed E-state index contributed by atoms with van der Waals surface area (Å²) in [5.41, 5.74) is 0. The van der Waals surface area contributed by atoms with Crippen LogP contribution >= 0.6 is 11.6 Å². The highest BCUT2D eigenvalue weighted by atomic mass is 35.5. The molecule has 0 radical (unpaired) electrons. The van der Waals surface area contributed by atoms with E-state index in [1.165, 1.54) is 4.31 Å². The number of rotatable bonds is 4. The van der Waals surface area contributed by atoms with Crippen LogP contribution in [0, 0.1) is 0 Å². The van der Waals surface area contributed by atoms with E-state index in [4.69, 9.17) is 11.6 Å². The van der Waals surface area contributed by atoms with Gasteiger partial charge in [0.1, 0.15) is 9.84 Å². The first-order chi connectivity index (χ1) is 8.19. The molecule has 0 saturated carbocycles. The Hall–Kier alpha value is 0.150. The van der Waals surface area contributed by atoms with Crippen molar-refractivity contribution in [2.45, 2.75) is 43.1 Å². The molecule has 5 nitrogen and oxygen atoms in total. The number of piperidine rings is 1. The van der Waals surface area contributed by atoms with Crippen molar-refractivity contribution in [2.24, 2.45) is 0 Å². The Balaban J connectivity index is 2.12. The lowest BCUT2D eigenvalue weighted by atomic mass is 10.1. The molecule has 2 saturated heterocycles. The lowest BCUT2D eigenvalue weighted by molar-refractivity contribution is 0.251. The van der Waals surface area contributed by atoms with Gasteiger partial charge >= 0.3 is 0 Å². The minimum absolute atomic E-state index is 0.0317. The third-order valence-corrected chi connectivity index (χ3v) is 7.16. The summed E-state index contributed by atoms with van der Waals surface area (Å²) in [7, 11) is -6.73. The quantitative estimate of drug-likeness (QED) is 0.712. The minimum atomic E-state index is -3.48. The van der Waals surface area contributed by atoms with E-state index in [1.807, 2.05) is 0 Å². The Labute approximate surface area is 113 Å². The van der Waals surface area contributed by atoms with Crippen LogP contribution < -0.4 is 0 Å². The molecule has 0 aliphatic carbocycles. The number of hydrogen-bond donors (Lipinski definition) is 0. The molecule has 0 spiro atoms. The van der Waals surface area contributed by atoms with E-state index in [0.29, 0.717) is 12.8 Å². The number of sulfone groups is 1.